The highest BCUT2D eigenvalue weighted by molar-refractivity contribution is 7.89. The minimum absolute atomic E-state index is 0.0182. The molecule has 0 fully saturated rings. The van der Waals surface area contributed by atoms with Crippen LogP contribution in [-0.4, -0.2) is 44.3 Å². The van der Waals surface area contributed by atoms with Gasteiger partial charge in [0.2, 0.25) is 10.0 Å². The van der Waals surface area contributed by atoms with Crippen LogP contribution in [-0.2, 0) is 19.6 Å². The number of amides is 1. The van der Waals surface area contributed by atoms with E-state index in [1.54, 1.807) is 26.8 Å². The molecule has 0 aliphatic carbocycles. The Kier molecular flexibility index (Phi) is 8.58. The summed E-state index contributed by atoms with van der Waals surface area (Å²) >= 11 is 0. The van der Waals surface area contributed by atoms with Crippen molar-refractivity contribution >= 4 is 27.6 Å². The Labute approximate surface area is 190 Å². The number of nitrogens with zero attached hydrogens (tertiary/aromatic N) is 1. The third-order valence-electron chi connectivity index (χ3n) is 5.30. The Morgan fingerprint density at radius 1 is 1.03 bits per heavy atom. The van der Waals surface area contributed by atoms with Crippen molar-refractivity contribution in [2.75, 3.05) is 25.0 Å². The number of hydrogen-bond acceptors (Lipinski definition) is 5. The van der Waals surface area contributed by atoms with E-state index in [0.29, 0.717) is 24.3 Å². The Bertz CT molecular complexity index is 1090. The molecule has 0 aromatic heterocycles. The maximum Gasteiger partial charge on any atom is 0.338 e. The minimum Gasteiger partial charge on any atom is -0.452 e. The number of hydrogen-bond donors (Lipinski definition) is 1. The van der Waals surface area contributed by atoms with Crippen LogP contribution in [0.5, 0.6) is 0 Å². The fourth-order valence-corrected chi connectivity index (χ4v) is 4.91. The van der Waals surface area contributed by atoms with Crippen molar-refractivity contribution in [3.8, 4) is 0 Å². The molecule has 0 aliphatic rings. The zero-order chi connectivity index (χ0) is 24.1. The van der Waals surface area contributed by atoms with Crippen molar-refractivity contribution in [1.82, 2.24) is 4.31 Å². The van der Waals surface area contributed by atoms with Crippen LogP contribution in [0.2, 0.25) is 0 Å². The highest BCUT2D eigenvalue weighted by Crippen LogP contribution is 2.27. The van der Waals surface area contributed by atoms with Crippen LogP contribution in [0, 0.1) is 13.8 Å². The number of benzene rings is 2. The third kappa shape index (κ3) is 5.75. The van der Waals surface area contributed by atoms with Gasteiger partial charge in [-0.1, -0.05) is 52.0 Å². The molecule has 0 bridgehead atoms. The van der Waals surface area contributed by atoms with Crippen molar-refractivity contribution in [2.24, 2.45) is 0 Å². The molecule has 7 nitrogen and oxygen atoms in total. The van der Waals surface area contributed by atoms with E-state index in [4.69, 9.17) is 4.74 Å². The van der Waals surface area contributed by atoms with Crippen LogP contribution in [0.15, 0.2) is 41.3 Å². The van der Waals surface area contributed by atoms with Crippen molar-refractivity contribution in [3.63, 3.8) is 0 Å². The standard InChI is InChI=1S/C24H32N2O5S/c1-7-26(8-2)32(29,30)19-13-12-17(5)21(14-19)24(28)31-15-22(27)25-23-18(6)10-9-11-20(23)16(3)4/h9-14,16H,7-8,15H2,1-6H3,(H,25,27). The van der Waals surface area contributed by atoms with Gasteiger partial charge in [0.05, 0.1) is 10.5 Å². The van der Waals surface area contributed by atoms with Gasteiger partial charge in [0.15, 0.2) is 6.61 Å². The first-order chi connectivity index (χ1) is 15.0. The SMILES string of the molecule is CCN(CC)S(=O)(=O)c1ccc(C)c(C(=O)OCC(=O)Nc2c(C)cccc2C(C)C)c1. The lowest BCUT2D eigenvalue weighted by Gasteiger charge is -2.19. The molecule has 0 saturated carbocycles. The first kappa shape index (κ1) is 25.5. The van der Waals surface area contributed by atoms with Crippen molar-refractivity contribution in [2.45, 2.75) is 52.4 Å². The lowest BCUT2D eigenvalue weighted by Crippen LogP contribution is -2.30. The topological polar surface area (TPSA) is 92.8 Å². The number of esters is 1. The first-order valence-corrected chi connectivity index (χ1v) is 12.1. The minimum atomic E-state index is -3.72. The van der Waals surface area contributed by atoms with Crippen molar-refractivity contribution in [1.29, 1.82) is 0 Å². The predicted octanol–water partition coefficient (Wildman–Crippen LogP) is 4.25. The van der Waals surface area contributed by atoms with E-state index in [-0.39, 0.29) is 16.4 Å². The summed E-state index contributed by atoms with van der Waals surface area (Å²) in [6, 6.07) is 10.1. The zero-order valence-corrected chi connectivity index (χ0v) is 20.4. The first-order valence-electron chi connectivity index (χ1n) is 10.7. The molecule has 1 amide bonds. The molecule has 0 atom stereocenters. The number of para-hydroxylation sites is 1. The van der Waals surface area contributed by atoms with Gasteiger partial charge in [-0.2, -0.15) is 4.31 Å². The van der Waals surface area contributed by atoms with E-state index in [9.17, 15) is 18.0 Å². The van der Waals surface area contributed by atoms with Gasteiger partial charge in [0.1, 0.15) is 0 Å². The molecule has 174 valence electrons. The number of ether oxygens (including phenoxy) is 1. The summed E-state index contributed by atoms with van der Waals surface area (Å²) < 4.78 is 32.1. The molecule has 0 heterocycles. The number of anilines is 1. The molecule has 32 heavy (non-hydrogen) atoms. The zero-order valence-electron chi connectivity index (χ0n) is 19.6. The molecule has 0 radical (unpaired) electrons. The molecular weight excluding hydrogens is 428 g/mol. The van der Waals surface area contributed by atoms with Gasteiger partial charge in [-0.15, -0.1) is 0 Å². The van der Waals surface area contributed by atoms with Crippen LogP contribution in [0.1, 0.15) is 60.7 Å². The fourth-order valence-electron chi connectivity index (χ4n) is 3.42. The highest BCUT2D eigenvalue weighted by atomic mass is 32.2. The van der Waals surface area contributed by atoms with Gasteiger partial charge in [0, 0.05) is 18.8 Å². The van der Waals surface area contributed by atoms with Gasteiger partial charge in [-0.25, -0.2) is 13.2 Å². The molecule has 2 aromatic rings. The van der Waals surface area contributed by atoms with Crippen molar-refractivity contribution in [3.05, 3.63) is 58.7 Å². The summed E-state index contributed by atoms with van der Waals surface area (Å²) in [6.07, 6.45) is 0. The van der Waals surface area contributed by atoms with E-state index in [2.05, 4.69) is 5.32 Å². The molecular formula is C24H32N2O5S. The summed E-state index contributed by atoms with van der Waals surface area (Å²) in [5, 5.41) is 2.83. The number of nitrogens with one attached hydrogen (secondary N) is 1. The van der Waals surface area contributed by atoms with Crippen LogP contribution in [0.3, 0.4) is 0 Å². The number of sulfonamides is 1. The second kappa shape index (κ2) is 10.7. The molecule has 0 aliphatic heterocycles. The smallest absolute Gasteiger partial charge is 0.338 e. The number of rotatable bonds is 9. The lowest BCUT2D eigenvalue weighted by molar-refractivity contribution is -0.119. The fraction of sp³-hybridized carbons (Fsp3) is 0.417. The van der Waals surface area contributed by atoms with E-state index < -0.39 is 28.5 Å². The van der Waals surface area contributed by atoms with Gasteiger partial charge in [-0.05, 0) is 48.6 Å². The predicted molar refractivity (Wildman–Crippen MR) is 125 cm³/mol. The largest absolute Gasteiger partial charge is 0.452 e. The maximum absolute atomic E-state index is 12.8. The third-order valence-corrected chi connectivity index (χ3v) is 7.34. The molecule has 0 unspecified atom stereocenters. The Morgan fingerprint density at radius 2 is 1.69 bits per heavy atom. The molecule has 0 spiro atoms. The van der Waals surface area contributed by atoms with Gasteiger partial charge < -0.3 is 10.1 Å². The van der Waals surface area contributed by atoms with Crippen LogP contribution in [0.4, 0.5) is 5.69 Å². The summed E-state index contributed by atoms with van der Waals surface area (Å²) in [4.78, 5) is 25.1. The summed E-state index contributed by atoms with van der Waals surface area (Å²) in [7, 11) is -3.72. The summed E-state index contributed by atoms with van der Waals surface area (Å²) in [6.45, 7) is 11.3. The maximum atomic E-state index is 12.8. The molecule has 2 aromatic carbocycles. The normalized spacial score (nSPS) is 11.6. The molecule has 2 rings (SSSR count). The van der Waals surface area contributed by atoms with E-state index in [1.165, 1.54) is 16.4 Å². The van der Waals surface area contributed by atoms with Crippen LogP contribution >= 0.6 is 0 Å². The molecule has 0 saturated heterocycles. The molecule has 1 N–H and O–H groups in total. The number of carbonyl (C=O) groups is 2. The van der Waals surface area contributed by atoms with Gasteiger partial charge in [0.25, 0.3) is 5.91 Å². The summed E-state index contributed by atoms with van der Waals surface area (Å²) in [5.74, 6) is -0.992. The quantitative estimate of drug-likeness (QED) is 0.565. The number of aryl methyl sites for hydroxylation is 2. The van der Waals surface area contributed by atoms with E-state index in [0.717, 1.165) is 11.1 Å². The second-order valence-electron chi connectivity index (χ2n) is 7.88. The Balaban J connectivity index is 2.17. The van der Waals surface area contributed by atoms with E-state index >= 15 is 0 Å². The lowest BCUT2D eigenvalue weighted by atomic mass is 9.98. The Hall–Kier alpha value is -2.71. The van der Waals surface area contributed by atoms with Crippen LogP contribution < -0.4 is 5.32 Å². The monoisotopic (exact) mass is 460 g/mol. The highest BCUT2D eigenvalue weighted by Gasteiger charge is 2.24. The van der Waals surface area contributed by atoms with E-state index in [1.807, 2.05) is 39.0 Å². The average molecular weight is 461 g/mol. The van der Waals surface area contributed by atoms with Gasteiger partial charge >= 0.3 is 5.97 Å². The summed E-state index contributed by atoms with van der Waals surface area (Å²) in [5.41, 5.74) is 3.31. The van der Waals surface area contributed by atoms with Crippen molar-refractivity contribution < 1.29 is 22.7 Å². The molecule has 8 heteroatoms. The number of carbonyl (C=O) groups excluding carboxylic acids is 2. The van der Waals surface area contributed by atoms with Gasteiger partial charge in [-0.3, -0.25) is 4.79 Å². The second-order valence-corrected chi connectivity index (χ2v) is 9.82. The average Bonchev–Trinajstić information content (AvgIpc) is 2.74. The Morgan fingerprint density at radius 3 is 2.28 bits per heavy atom. The van der Waals surface area contributed by atoms with Crippen LogP contribution in [0.25, 0.3) is 0 Å².